The van der Waals surface area contributed by atoms with Crippen molar-refractivity contribution < 1.29 is 114 Å². The van der Waals surface area contributed by atoms with Crippen LogP contribution in [0.25, 0.3) is 43.1 Å². The molecule has 11 rings (SSSR count). The normalized spacial score (nSPS) is 12.9. The molecule has 0 radical (unpaired) electrons. The molecule has 2 aliphatic rings. The highest BCUT2D eigenvalue weighted by Crippen LogP contribution is 2.58. The van der Waals surface area contributed by atoms with Crippen molar-refractivity contribution in [1.29, 1.82) is 0 Å². The van der Waals surface area contributed by atoms with E-state index in [1.165, 1.54) is 177 Å². The number of nitrogens with zero attached hydrogens (tertiary/aromatic N) is 2. The maximum Gasteiger partial charge on any atom is 0.337 e. The molecule has 0 saturated carbocycles. The first-order valence-electron chi connectivity index (χ1n) is 30.4. The van der Waals surface area contributed by atoms with Crippen LogP contribution in [0.2, 0.25) is 0 Å². The average molecular weight is 1360 g/mol. The lowest BCUT2D eigenvalue weighted by atomic mass is 9.80. The third kappa shape index (κ3) is 12.7. The van der Waals surface area contributed by atoms with Crippen LogP contribution in [0.5, 0.6) is 46.0 Å². The standard InChI is InChI=1S/C74H58N2O24/c1-35(2)67(81)93-27-29-95-69(83)37(5)75-63(77)47-31-51(97-43-19-11-39(12-20-43)71(85)89-7)57-59-53(99-45-23-15-41(16-24-45)73(87)91-9)33-49-56-50(66(80)76(65(49)79)38(6)70(84)96-30-28-94-68(82)36(3)4)34-54(100-46-25-17-42(18-26-46)74(88)92-10)60(62(56)59)58-52(32-48(64(75)78)55(47)61(57)58)98-44-21-13-40(14-22-44)72(86)90-8/h11-26,31-34,37-38H,1,3,27-30H2,2,4-10H3. The van der Waals surface area contributed by atoms with Crippen molar-refractivity contribution in [2.45, 2.75) is 39.8 Å². The van der Waals surface area contributed by atoms with Crippen LogP contribution in [0.3, 0.4) is 0 Å². The third-order valence-electron chi connectivity index (χ3n) is 16.2. The fourth-order valence-corrected chi connectivity index (χ4v) is 11.4. The third-order valence-corrected chi connectivity index (χ3v) is 16.2. The summed E-state index contributed by atoms with van der Waals surface area (Å²) in [6.45, 7) is 10.6. The Bertz CT molecular complexity index is 4430. The van der Waals surface area contributed by atoms with Gasteiger partial charge in [-0.3, -0.25) is 29.0 Å². The number of benzene rings is 9. The van der Waals surface area contributed by atoms with Gasteiger partial charge in [-0.15, -0.1) is 0 Å². The van der Waals surface area contributed by atoms with Gasteiger partial charge in [0.15, 0.2) is 0 Å². The number of amides is 4. The topological polar surface area (TPSA) is 322 Å². The van der Waals surface area contributed by atoms with Crippen molar-refractivity contribution in [2.24, 2.45) is 0 Å². The Hall–Kier alpha value is -13.0. The van der Waals surface area contributed by atoms with Gasteiger partial charge in [0.05, 0.1) is 72.9 Å². The van der Waals surface area contributed by atoms with Crippen LogP contribution in [0.1, 0.15) is 111 Å². The van der Waals surface area contributed by atoms with Crippen LogP contribution in [-0.4, -0.2) is 148 Å². The zero-order valence-electron chi connectivity index (χ0n) is 54.6. The molecular weight excluding hydrogens is 1300 g/mol. The predicted molar refractivity (Wildman–Crippen MR) is 352 cm³/mol. The number of carbonyl (C=O) groups is 12. The van der Waals surface area contributed by atoms with Gasteiger partial charge in [-0.05, 0) is 149 Å². The number of fused-ring (bicyclic) bond motifs is 2. The van der Waals surface area contributed by atoms with E-state index in [1.54, 1.807) is 0 Å². The van der Waals surface area contributed by atoms with Crippen LogP contribution in [0, 0.1) is 0 Å². The maximum atomic E-state index is 15.7. The van der Waals surface area contributed by atoms with Gasteiger partial charge < -0.3 is 56.8 Å². The van der Waals surface area contributed by atoms with Gasteiger partial charge in [0.25, 0.3) is 23.6 Å². The highest BCUT2D eigenvalue weighted by atomic mass is 16.6. The summed E-state index contributed by atoms with van der Waals surface area (Å²) in [5, 5.41) is -0.341. The number of carbonyl (C=O) groups excluding carboxylic acids is 12. The molecule has 2 heterocycles. The Morgan fingerprint density at radius 1 is 0.340 bits per heavy atom. The van der Waals surface area contributed by atoms with Crippen molar-refractivity contribution in [2.75, 3.05) is 54.9 Å². The molecule has 0 spiro atoms. The van der Waals surface area contributed by atoms with Crippen LogP contribution in [0.15, 0.2) is 146 Å². The number of rotatable bonds is 24. The Morgan fingerprint density at radius 3 is 0.770 bits per heavy atom. The van der Waals surface area contributed by atoms with E-state index in [4.69, 9.17) is 56.8 Å². The number of esters is 8. The molecule has 4 amide bonds. The molecule has 9 aromatic carbocycles. The van der Waals surface area contributed by atoms with Crippen molar-refractivity contribution in [3.8, 4) is 46.0 Å². The lowest BCUT2D eigenvalue weighted by Crippen LogP contribution is -2.50. The maximum absolute atomic E-state index is 15.7. The van der Waals surface area contributed by atoms with Crippen LogP contribution < -0.4 is 18.9 Å². The van der Waals surface area contributed by atoms with E-state index >= 15 is 19.2 Å². The SMILES string of the molecule is C=C(C)C(=O)OCCOC(=O)C(C)N1C(=O)c2cc(Oc3ccc(C(=O)OC)cc3)c3c4c(Oc5ccc(C(=O)OC)cc5)cc5c6c(cc(Oc7ccc(C(=O)OC)cc7)c(c7c(Oc8ccc(C(=O)OC)cc8)cc(c2c37)C1=O)c64)C(=O)N(C(C)C(=O)OCCOC(=O)C(=C)C)C5=O. The largest absolute Gasteiger partial charge is 0.465 e. The Morgan fingerprint density at radius 2 is 0.560 bits per heavy atom. The van der Waals surface area contributed by atoms with Crippen LogP contribution in [0.4, 0.5) is 0 Å². The molecule has 0 saturated heterocycles. The van der Waals surface area contributed by atoms with Crippen molar-refractivity contribution in [1.82, 2.24) is 9.80 Å². The second-order valence-corrected chi connectivity index (χ2v) is 22.6. The summed E-state index contributed by atoms with van der Waals surface area (Å²) >= 11 is 0. The Kier molecular flexibility index (Phi) is 19.1. The van der Waals surface area contributed by atoms with E-state index in [0.29, 0.717) is 9.80 Å². The minimum absolute atomic E-state index is 0.0143. The molecule has 2 aliphatic heterocycles. The first kappa shape index (κ1) is 68.4. The fraction of sp³-hybridized carbons (Fsp3) is 0.189. The summed E-state index contributed by atoms with van der Waals surface area (Å²) in [5.41, 5.74) is -0.546. The molecular formula is C74H58N2O24. The summed E-state index contributed by atoms with van der Waals surface area (Å²) in [6.07, 6.45) is 0. The summed E-state index contributed by atoms with van der Waals surface area (Å²) < 4.78 is 68.7. The first-order chi connectivity index (χ1) is 47.9. The minimum atomic E-state index is -1.70. The van der Waals surface area contributed by atoms with Gasteiger partial charge in [0.2, 0.25) is 0 Å². The summed E-state index contributed by atoms with van der Waals surface area (Å²) in [7, 11) is 4.75. The summed E-state index contributed by atoms with van der Waals surface area (Å²) in [4.78, 5) is 168. The van der Waals surface area contributed by atoms with Gasteiger partial charge in [-0.25, -0.2) is 38.4 Å². The quantitative estimate of drug-likeness (QED) is 0.0103. The van der Waals surface area contributed by atoms with Gasteiger partial charge in [-0.1, -0.05) is 13.2 Å². The number of imide groups is 2. The van der Waals surface area contributed by atoms with Crippen molar-refractivity contribution in [3.63, 3.8) is 0 Å². The van der Waals surface area contributed by atoms with E-state index in [1.807, 2.05) is 0 Å². The highest BCUT2D eigenvalue weighted by Gasteiger charge is 2.45. The number of hydrogen-bond acceptors (Lipinski definition) is 24. The van der Waals surface area contributed by atoms with E-state index in [-0.39, 0.29) is 145 Å². The predicted octanol–water partition coefficient (Wildman–Crippen LogP) is 11.3. The van der Waals surface area contributed by atoms with Gasteiger partial charge in [0, 0.05) is 54.2 Å². The lowest BCUT2D eigenvalue weighted by Gasteiger charge is -2.34. The molecule has 26 nitrogen and oxygen atoms in total. The Labute approximate surface area is 567 Å². The number of methoxy groups -OCH3 is 4. The highest BCUT2D eigenvalue weighted by molar-refractivity contribution is 6.45. The minimum Gasteiger partial charge on any atom is -0.465 e. The van der Waals surface area contributed by atoms with E-state index in [9.17, 15) is 38.4 Å². The first-order valence-corrected chi connectivity index (χ1v) is 30.4. The molecule has 0 fully saturated rings. The molecule has 26 heteroatoms. The number of hydrogen-bond donors (Lipinski definition) is 0. The summed E-state index contributed by atoms with van der Waals surface area (Å²) in [6, 6.07) is 24.2. The molecule has 0 aliphatic carbocycles. The van der Waals surface area contributed by atoms with Crippen LogP contribution >= 0.6 is 0 Å². The number of ether oxygens (including phenoxy) is 12. The molecule has 0 N–H and O–H groups in total. The van der Waals surface area contributed by atoms with Gasteiger partial charge in [-0.2, -0.15) is 0 Å². The molecule has 100 heavy (non-hydrogen) atoms. The molecule has 2 atom stereocenters. The average Bonchev–Trinajstić information content (AvgIpc) is 0.672. The molecule has 0 bridgehead atoms. The second-order valence-electron chi connectivity index (χ2n) is 22.6. The van der Waals surface area contributed by atoms with Gasteiger partial charge >= 0.3 is 47.8 Å². The molecule has 9 aromatic rings. The zero-order chi connectivity index (χ0) is 71.7. The van der Waals surface area contributed by atoms with E-state index in [2.05, 4.69) is 13.2 Å². The van der Waals surface area contributed by atoms with E-state index in [0.717, 1.165) is 0 Å². The monoisotopic (exact) mass is 1360 g/mol. The van der Waals surface area contributed by atoms with Crippen molar-refractivity contribution >= 4 is 114 Å². The zero-order valence-corrected chi connectivity index (χ0v) is 54.6. The molecule has 508 valence electrons. The smallest absolute Gasteiger partial charge is 0.337 e. The lowest BCUT2D eigenvalue weighted by molar-refractivity contribution is -0.153. The van der Waals surface area contributed by atoms with Crippen molar-refractivity contribution in [3.05, 3.63) is 190 Å². The summed E-state index contributed by atoms with van der Waals surface area (Å²) in [5.74, 6) is -11.7. The van der Waals surface area contributed by atoms with E-state index < -0.39 is 110 Å². The van der Waals surface area contributed by atoms with Gasteiger partial charge in [0.1, 0.15) is 84.5 Å². The fourth-order valence-electron chi connectivity index (χ4n) is 11.4. The molecule has 2 unspecified atom stereocenters. The Balaban J connectivity index is 1.27. The molecule has 0 aromatic heterocycles. The van der Waals surface area contributed by atoms with Crippen LogP contribution in [-0.2, 0) is 57.1 Å². The second kappa shape index (κ2) is 28.0.